The first-order valence-electron chi connectivity index (χ1n) is 9.35. The minimum Gasteiger partial charge on any atom is -0.496 e. The Balaban J connectivity index is 2.24. The number of rotatable bonds is 5. The monoisotopic (exact) mass is 377 g/mol. The van der Waals surface area contributed by atoms with Crippen LogP contribution in [0.4, 0.5) is 0 Å². The summed E-state index contributed by atoms with van der Waals surface area (Å²) in [6, 6.07) is 14.1. The summed E-state index contributed by atoms with van der Waals surface area (Å²) < 4.78 is 8.42. The number of para-hydroxylation sites is 1. The Bertz CT molecular complexity index is 1170. The van der Waals surface area contributed by atoms with Gasteiger partial charge in [0.15, 0.2) is 0 Å². The van der Waals surface area contributed by atoms with Gasteiger partial charge in [-0.3, -0.25) is 9.36 Å². The van der Waals surface area contributed by atoms with E-state index in [9.17, 15) is 4.79 Å². The van der Waals surface area contributed by atoms with Crippen molar-refractivity contribution in [2.45, 2.75) is 33.1 Å². The smallest absolute Gasteiger partial charge is 0.273 e. The number of pyridine rings is 1. The number of thiophene rings is 1. The number of benzene rings is 2. The summed E-state index contributed by atoms with van der Waals surface area (Å²) in [6.07, 6.45) is 3.14. The van der Waals surface area contributed by atoms with E-state index < -0.39 is 0 Å². The average Bonchev–Trinajstić information content (AvgIpc) is 3.18. The predicted molar refractivity (Wildman–Crippen MR) is 115 cm³/mol. The molecule has 4 heteroatoms. The molecule has 0 N–H and O–H groups in total. The van der Waals surface area contributed by atoms with E-state index in [0.717, 1.165) is 57.3 Å². The van der Waals surface area contributed by atoms with E-state index >= 15 is 0 Å². The second-order valence-electron chi connectivity index (χ2n) is 6.84. The van der Waals surface area contributed by atoms with E-state index in [4.69, 9.17) is 4.74 Å². The minimum atomic E-state index is 0.0495. The molecule has 0 radical (unpaired) electrons. The number of methoxy groups -OCH3 is 1. The van der Waals surface area contributed by atoms with Crippen LogP contribution in [0.3, 0.4) is 0 Å². The highest BCUT2D eigenvalue weighted by Crippen LogP contribution is 2.38. The van der Waals surface area contributed by atoms with E-state index in [1.54, 1.807) is 7.11 Å². The number of nitrogens with zero attached hydrogens (tertiary/aromatic N) is 1. The first-order valence-corrected chi connectivity index (χ1v) is 10.2. The van der Waals surface area contributed by atoms with Gasteiger partial charge in [0.2, 0.25) is 0 Å². The molecule has 4 aromatic rings. The molecule has 0 fully saturated rings. The normalized spacial score (nSPS) is 11.4. The van der Waals surface area contributed by atoms with Crippen LogP contribution in [0.2, 0.25) is 0 Å². The van der Waals surface area contributed by atoms with Gasteiger partial charge in [0.05, 0.1) is 12.6 Å². The Morgan fingerprint density at radius 1 is 1.15 bits per heavy atom. The third-order valence-electron chi connectivity index (χ3n) is 5.13. The highest BCUT2D eigenvalue weighted by Gasteiger charge is 2.20. The van der Waals surface area contributed by atoms with Crippen molar-refractivity contribution < 1.29 is 4.74 Å². The number of fused-ring (bicyclic) bond motifs is 3. The second-order valence-corrected chi connectivity index (χ2v) is 7.76. The Morgan fingerprint density at radius 3 is 2.63 bits per heavy atom. The van der Waals surface area contributed by atoms with E-state index in [1.165, 1.54) is 16.9 Å². The highest BCUT2D eigenvalue weighted by molar-refractivity contribution is 7.17. The van der Waals surface area contributed by atoms with Crippen LogP contribution in [-0.2, 0) is 6.42 Å². The maximum absolute atomic E-state index is 13.4. The molecule has 0 saturated heterocycles. The first-order chi connectivity index (χ1) is 13.2. The highest BCUT2D eigenvalue weighted by atomic mass is 32.1. The summed E-state index contributed by atoms with van der Waals surface area (Å²) in [5.74, 6) is 0.916. The molecule has 2 heterocycles. The van der Waals surface area contributed by atoms with E-state index in [0.29, 0.717) is 0 Å². The molecule has 0 spiro atoms. The quantitative estimate of drug-likeness (QED) is 0.436. The molecule has 0 aliphatic rings. The van der Waals surface area contributed by atoms with Gasteiger partial charge in [-0.1, -0.05) is 31.5 Å². The lowest BCUT2D eigenvalue weighted by Crippen LogP contribution is -2.19. The fourth-order valence-electron chi connectivity index (χ4n) is 3.88. The van der Waals surface area contributed by atoms with Gasteiger partial charge in [-0.25, -0.2) is 0 Å². The van der Waals surface area contributed by atoms with Gasteiger partial charge in [-0.05, 0) is 55.0 Å². The Morgan fingerprint density at radius 2 is 1.93 bits per heavy atom. The maximum Gasteiger partial charge on any atom is 0.273 e. The molecule has 0 unspecified atom stereocenters. The van der Waals surface area contributed by atoms with Crippen molar-refractivity contribution >= 4 is 32.3 Å². The summed E-state index contributed by atoms with van der Waals surface area (Å²) in [5, 5.41) is 4.21. The molecular formula is C23H23NO2S. The largest absolute Gasteiger partial charge is 0.496 e. The Kier molecular flexibility index (Phi) is 4.75. The zero-order valence-electron chi connectivity index (χ0n) is 15.9. The summed E-state index contributed by atoms with van der Waals surface area (Å²) in [4.78, 5) is 13.4. The SMILES string of the molecule is CCCCc1c(OC)cc(C)c2c1c1ccsc1c(=O)n2-c1ccccc1. The van der Waals surface area contributed by atoms with Crippen molar-refractivity contribution in [2.75, 3.05) is 7.11 Å². The Labute approximate surface area is 162 Å². The molecule has 0 saturated carbocycles. The zero-order valence-corrected chi connectivity index (χ0v) is 16.7. The van der Waals surface area contributed by atoms with E-state index in [-0.39, 0.29) is 5.56 Å². The van der Waals surface area contributed by atoms with Crippen LogP contribution in [-0.4, -0.2) is 11.7 Å². The van der Waals surface area contributed by atoms with Gasteiger partial charge in [-0.15, -0.1) is 11.3 Å². The molecule has 0 aliphatic heterocycles. The van der Waals surface area contributed by atoms with Crippen LogP contribution in [0.5, 0.6) is 5.75 Å². The third kappa shape index (κ3) is 2.85. The number of hydrogen-bond donors (Lipinski definition) is 0. The molecule has 0 bridgehead atoms. The number of ether oxygens (including phenoxy) is 1. The molecule has 0 amide bonds. The van der Waals surface area contributed by atoms with Crippen LogP contribution < -0.4 is 10.3 Å². The van der Waals surface area contributed by atoms with Crippen LogP contribution in [0.15, 0.2) is 52.6 Å². The van der Waals surface area contributed by atoms with Gasteiger partial charge in [0, 0.05) is 22.0 Å². The third-order valence-corrected chi connectivity index (χ3v) is 6.03. The summed E-state index contributed by atoms with van der Waals surface area (Å²) in [6.45, 7) is 4.26. The second kappa shape index (κ2) is 7.20. The lowest BCUT2D eigenvalue weighted by atomic mass is 9.96. The summed E-state index contributed by atoms with van der Waals surface area (Å²) in [7, 11) is 1.73. The molecule has 138 valence electrons. The molecule has 2 aromatic heterocycles. The fraction of sp³-hybridized carbons (Fsp3) is 0.261. The zero-order chi connectivity index (χ0) is 19.0. The van der Waals surface area contributed by atoms with Gasteiger partial charge in [-0.2, -0.15) is 0 Å². The topological polar surface area (TPSA) is 31.2 Å². The van der Waals surface area contributed by atoms with Crippen molar-refractivity contribution in [2.24, 2.45) is 0 Å². The minimum absolute atomic E-state index is 0.0495. The van der Waals surface area contributed by atoms with Crippen molar-refractivity contribution in [3.63, 3.8) is 0 Å². The Hall–Kier alpha value is -2.59. The van der Waals surface area contributed by atoms with Crippen LogP contribution in [0.1, 0.15) is 30.9 Å². The molecule has 0 atom stereocenters. The van der Waals surface area contributed by atoms with Crippen molar-refractivity contribution in [3.05, 3.63) is 69.3 Å². The lowest BCUT2D eigenvalue weighted by Gasteiger charge is -2.19. The van der Waals surface area contributed by atoms with Gasteiger partial charge < -0.3 is 4.74 Å². The first kappa shape index (κ1) is 17.8. The van der Waals surface area contributed by atoms with Gasteiger partial charge in [0.1, 0.15) is 10.4 Å². The van der Waals surface area contributed by atoms with Crippen molar-refractivity contribution in [1.82, 2.24) is 4.57 Å². The molecule has 27 heavy (non-hydrogen) atoms. The van der Waals surface area contributed by atoms with Crippen LogP contribution in [0.25, 0.3) is 26.7 Å². The van der Waals surface area contributed by atoms with Crippen molar-refractivity contribution in [3.8, 4) is 11.4 Å². The lowest BCUT2D eigenvalue weighted by molar-refractivity contribution is 0.409. The maximum atomic E-state index is 13.4. The van der Waals surface area contributed by atoms with E-state index in [1.807, 2.05) is 40.3 Å². The van der Waals surface area contributed by atoms with Crippen molar-refractivity contribution in [1.29, 1.82) is 0 Å². The summed E-state index contributed by atoms with van der Waals surface area (Å²) >= 11 is 1.52. The number of hydrogen-bond acceptors (Lipinski definition) is 3. The standard InChI is InChI=1S/C23H23NO2S/c1-4-5-11-17-19(26-3)14-15(2)21-20(17)18-12-13-27-22(18)23(25)24(21)16-9-7-6-8-10-16/h6-10,12-14H,4-5,11H2,1-3H3. The number of unbranched alkanes of at least 4 members (excludes halogenated alkanes) is 1. The summed E-state index contributed by atoms with van der Waals surface area (Å²) in [5.41, 5.74) is 4.19. The molecule has 4 rings (SSSR count). The molecular weight excluding hydrogens is 354 g/mol. The van der Waals surface area contributed by atoms with E-state index in [2.05, 4.69) is 26.0 Å². The number of aryl methyl sites for hydroxylation is 2. The predicted octanol–water partition coefficient (Wildman–Crippen LogP) is 5.87. The molecule has 2 aromatic carbocycles. The average molecular weight is 378 g/mol. The fourth-order valence-corrected chi connectivity index (χ4v) is 4.71. The number of aromatic nitrogens is 1. The van der Waals surface area contributed by atoms with Gasteiger partial charge in [0.25, 0.3) is 5.56 Å². The molecule has 0 aliphatic carbocycles. The van der Waals surface area contributed by atoms with Gasteiger partial charge >= 0.3 is 0 Å². The molecule has 3 nitrogen and oxygen atoms in total. The van der Waals surface area contributed by atoms with Crippen LogP contribution >= 0.6 is 11.3 Å². The van der Waals surface area contributed by atoms with Crippen LogP contribution in [0, 0.1) is 6.92 Å².